The smallest absolute Gasteiger partial charge is 0.220 e. The van der Waals surface area contributed by atoms with E-state index in [1.807, 2.05) is 6.08 Å². The van der Waals surface area contributed by atoms with E-state index in [1.54, 1.807) is 6.08 Å². The molecule has 12 N–H and O–H groups in total. The molecule has 17 atom stereocenters. The van der Waals surface area contributed by atoms with Gasteiger partial charge in [0.05, 0.1) is 38.6 Å². The second-order valence-electron chi connectivity index (χ2n) is 27.1. The van der Waals surface area contributed by atoms with Crippen LogP contribution in [0.25, 0.3) is 0 Å². The number of ether oxygens (including phenoxy) is 6. The molecule has 0 aliphatic carbocycles. The van der Waals surface area contributed by atoms with Crippen LogP contribution >= 0.6 is 0 Å². The first-order valence-corrected chi connectivity index (χ1v) is 37.6. The Morgan fingerprint density at radius 2 is 0.685 bits per heavy atom. The van der Waals surface area contributed by atoms with Crippen LogP contribution in [0.15, 0.2) is 24.3 Å². The molecule has 19 nitrogen and oxygen atoms in total. The molecule has 3 aliphatic heterocycles. The van der Waals surface area contributed by atoms with Gasteiger partial charge in [-0.15, -0.1) is 0 Å². The molecule has 17 unspecified atom stereocenters. The standard InChI is InChI=1S/C73H137NO18/c1-3-5-7-9-11-13-15-17-18-19-20-21-22-23-24-25-26-27-28-29-30-31-32-33-34-35-36-37-38-39-41-43-45-47-49-51-61(79)74-56(57(78)50-48-46-44-42-40-16-14-12-10-8-6-4-2)55-87-71-67(85)64(82)69(59(53-76)89-71)92-73-68(86)65(83)70(60(54-77)90-73)91-72-66(84)63(81)62(80)58(52-75)88-72/h19-20,48,50,56-60,62-73,75-78,80-86H,3-18,21-47,49,51-55H2,1-2H3,(H,74,79)/b20-19-,50-48+. The molecule has 0 bridgehead atoms. The lowest BCUT2D eigenvalue weighted by atomic mass is 9.96. The van der Waals surface area contributed by atoms with E-state index in [0.717, 1.165) is 44.9 Å². The Kier molecular flexibility index (Phi) is 50.7. The predicted molar refractivity (Wildman–Crippen MR) is 360 cm³/mol. The molecule has 0 radical (unpaired) electrons. The molecule has 3 saturated heterocycles. The first kappa shape index (κ1) is 84.5. The van der Waals surface area contributed by atoms with Crippen LogP contribution in [0.2, 0.25) is 0 Å². The Morgan fingerprint density at radius 1 is 0.380 bits per heavy atom. The molecule has 19 heteroatoms. The van der Waals surface area contributed by atoms with Crippen LogP contribution < -0.4 is 5.32 Å². The summed E-state index contributed by atoms with van der Waals surface area (Å²) in [7, 11) is 0. The van der Waals surface area contributed by atoms with Gasteiger partial charge in [-0.25, -0.2) is 0 Å². The Hall–Kier alpha value is -1.73. The van der Waals surface area contributed by atoms with Gasteiger partial charge in [-0.3, -0.25) is 4.79 Å². The number of hydrogen-bond acceptors (Lipinski definition) is 18. The number of nitrogens with one attached hydrogen (secondary N) is 1. The lowest BCUT2D eigenvalue weighted by Crippen LogP contribution is -2.66. The van der Waals surface area contributed by atoms with Crippen LogP contribution in [-0.4, -0.2) is 193 Å². The van der Waals surface area contributed by atoms with Crippen LogP contribution in [0.5, 0.6) is 0 Å². The maximum Gasteiger partial charge on any atom is 0.220 e. The van der Waals surface area contributed by atoms with Gasteiger partial charge in [0.2, 0.25) is 5.91 Å². The topological polar surface area (TPSA) is 307 Å². The van der Waals surface area contributed by atoms with Crippen LogP contribution in [0.4, 0.5) is 0 Å². The molecule has 3 aliphatic rings. The van der Waals surface area contributed by atoms with Crippen molar-refractivity contribution in [2.45, 2.75) is 407 Å². The number of amides is 1. The fraction of sp³-hybridized carbons (Fsp3) is 0.932. The van der Waals surface area contributed by atoms with Gasteiger partial charge in [0.1, 0.15) is 73.2 Å². The van der Waals surface area contributed by atoms with Crippen LogP contribution in [0, 0.1) is 0 Å². The van der Waals surface area contributed by atoms with Gasteiger partial charge in [-0.2, -0.15) is 0 Å². The third-order valence-corrected chi connectivity index (χ3v) is 19.0. The normalized spacial score (nSPS) is 27.8. The van der Waals surface area contributed by atoms with Crippen molar-refractivity contribution in [3.63, 3.8) is 0 Å². The molecule has 0 aromatic carbocycles. The predicted octanol–water partition coefficient (Wildman–Crippen LogP) is 11.0. The number of unbranched alkanes of at least 4 members (excludes halogenated alkanes) is 41. The molecule has 0 spiro atoms. The van der Waals surface area contributed by atoms with E-state index in [2.05, 4.69) is 31.3 Å². The molecule has 3 heterocycles. The molecule has 92 heavy (non-hydrogen) atoms. The largest absolute Gasteiger partial charge is 0.394 e. The van der Waals surface area contributed by atoms with Gasteiger partial charge in [0.25, 0.3) is 0 Å². The summed E-state index contributed by atoms with van der Waals surface area (Å²) in [5.74, 6) is -0.271. The number of carbonyl (C=O) groups excluding carboxylic acids is 1. The minimum Gasteiger partial charge on any atom is -0.394 e. The minimum absolute atomic E-state index is 0.248. The molecule has 0 aromatic rings. The molecular formula is C73H137NO18. The van der Waals surface area contributed by atoms with Crippen molar-refractivity contribution in [2.75, 3.05) is 26.4 Å². The van der Waals surface area contributed by atoms with E-state index in [9.17, 15) is 61.0 Å². The van der Waals surface area contributed by atoms with Gasteiger partial charge < -0.3 is 89.9 Å². The van der Waals surface area contributed by atoms with Crippen molar-refractivity contribution in [2.24, 2.45) is 0 Å². The van der Waals surface area contributed by atoms with E-state index in [0.29, 0.717) is 6.42 Å². The summed E-state index contributed by atoms with van der Waals surface area (Å²) in [6, 6.07) is -0.969. The zero-order valence-corrected chi connectivity index (χ0v) is 57.5. The Morgan fingerprint density at radius 3 is 1.05 bits per heavy atom. The van der Waals surface area contributed by atoms with Crippen LogP contribution in [-0.2, 0) is 33.2 Å². The summed E-state index contributed by atoms with van der Waals surface area (Å²) >= 11 is 0. The lowest BCUT2D eigenvalue weighted by Gasteiger charge is -2.48. The lowest BCUT2D eigenvalue weighted by molar-refractivity contribution is -0.379. The molecule has 0 saturated carbocycles. The molecular weight excluding hydrogens is 1180 g/mol. The van der Waals surface area contributed by atoms with Gasteiger partial charge in [-0.1, -0.05) is 276 Å². The highest BCUT2D eigenvalue weighted by Crippen LogP contribution is 2.33. The molecule has 3 rings (SSSR count). The van der Waals surface area contributed by atoms with E-state index >= 15 is 0 Å². The number of carbonyl (C=O) groups is 1. The summed E-state index contributed by atoms with van der Waals surface area (Å²) in [6.07, 6.45) is 37.7. The van der Waals surface area contributed by atoms with E-state index in [1.165, 1.54) is 231 Å². The zero-order chi connectivity index (χ0) is 66.8. The van der Waals surface area contributed by atoms with E-state index < -0.39 is 124 Å². The van der Waals surface area contributed by atoms with Crippen molar-refractivity contribution in [1.82, 2.24) is 5.32 Å². The second-order valence-corrected chi connectivity index (χ2v) is 27.1. The van der Waals surface area contributed by atoms with Gasteiger partial charge in [-0.05, 0) is 44.9 Å². The summed E-state index contributed by atoms with van der Waals surface area (Å²) in [4.78, 5) is 13.4. The number of rotatable bonds is 59. The van der Waals surface area contributed by atoms with Gasteiger partial charge >= 0.3 is 0 Å². The maximum atomic E-state index is 13.4. The summed E-state index contributed by atoms with van der Waals surface area (Å²) in [5.41, 5.74) is 0. The average molecular weight is 1320 g/mol. The highest BCUT2D eigenvalue weighted by atomic mass is 16.8. The van der Waals surface area contributed by atoms with Gasteiger partial charge in [0, 0.05) is 6.42 Å². The SMILES string of the molecule is CCCCCCCCCC/C=C\CCCCCCCCCCCCCCCCCCCCCCCCCC(=O)NC(COC1OC(CO)C(OC2OC(CO)C(OC3OC(CO)C(O)C(O)C3O)C(O)C2O)C(O)C1O)C(O)/C=C/CCCCCCCCCCCC. The molecule has 542 valence electrons. The van der Waals surface area contributed by atoms with Crippen molar-refractivity contribution < 1.29 is 89.4 Å². The van der Waals surface area contributed by atoms with Crippen molar-refractivity contribution in [3.8, 4) is 0 Å². The summed E-state index contributed by atoms with van der Waals surface area (Å²) in [5, 5.41) is 120. The second kappa shape index (κ2) is 55.2. The molecule has 1 amide bonds. The number of aliphatic hydroxyl groups is 11. The maximum absolute atomic E-state index is 13.4. The average Bonchev–Trinajstić information content (AvgIpc) is 0.830. The molecule has 3 fully saturated rings. The monoisotopic (exact) mass is 1320 g/mol. The van der Waals surface area contributed by atoms with E-state index in [-0.39, 0.29) is 18.9 Å². The fourth-order valence-corrected chi connectivity index (χ4v) is 12.9. The number of allylic oxidation sites excluding steroid dienone is 3. The Balaban J connectivity index is 1.31. The molecule has 0 aromatic heterocycles. The fourth-order valence-electron chi connectivity index (χ4n) is 12.9. The third-order valence-electron chi connectivity index (χ3n) is 19.0. The first-order valence-electron chi connectivity index (χ1n) is 37.6. The van der Waals surface area contributed by atoms with Gasteiger partial charge in [0.15, 0.2) is 18.9 Å². The van der Waals surface area contributed by atoms with Crippen molar-refractivity contribution >= 4 is 5.91 Å². The quantitative estimate of drug-likeness (QED) is 0.0199. The third kappa shape index (κ3) is 36.2. The summed E-state index contributed by atoms with van der Waals surface area (Å²) < 4.78 is 34.3. The van der Waals surface area contributed by atoms with Crippen LogP contribution in [0.1, 0.15) is 303 Å². The number of aliphatic hydroxyl groups excluding tert-OH is 11. The minimum atomic E-state index is -1.98. The summed E-state index contributed by atoms with van der Waals surface area (Å²) in [6.45, 7) is 1.74. The number of hydrogen-bond donors (Lipinski definition) is 12. The van der Waals surface area contributed by atoms with E-state index in [4.69, 9.17) is 28.4 Å². The Labute approximate surface area is 556 Å². The van der Waals surface area contributed by atoms with Crippen LogP contribution in [0.3, 0.4) is 0 Å². The Bertz CT molecular complexity index is 1760. The van der Waals surface area contributed by atoms with Crippen molar-refractivity contribution in [1.29, 1.82) is 0 Å². The first-order chi connectivity index (χ1) is 44.8. The highest BCUT2D eigenvalue weighted by Gasteiger charge is 2.53. The zero-order valence-electron chi connectivity index (χ0n) is 57.5. The highest BCUT2D eigenvalue weighted by molar-refractivity contribution is 5.76. The van der Waals surface area contributed by atoms with Crippen molar-refractivity contribution in [3.05, 3.63) is 24.3 Å².